The molecule has 1 aromatic carbocycles. The minimum atomic E-state index is -0.642. The van der Waals surface area contributed by atoms with Gasteiger partial charge in [0.2, 0.25) is 11.6 Å². The van der Waals surface area contributed by atoms with Gasteiger partial charge in [-0.05, 0) is 37.6 Å². The minimum absolute atomic E-state index is 0.0322. The average Bonchev–Trinajstić information content (AvgIpc) is 2.59. The van der Waals surface area contributed by atoms with Crippen molar-refractivity contribution in [2.45, 2.75) is 26.3 Å². The van der Waals surface area contributed by atoms with Crippen LogP contribution in [0.5, 0.6) is 0 Å². The Hall–Kier alpha value is -3.30. The van der Waals surface area contributed by atoms with Crippen molar-refractivity contribution < 1.29 is 14.1 Å². The van der Waals surface area contributed by atoms with Crippen LogP contribution >= 0.6 is 0 Å². The monoisotopic (exact) mass is 348 g/mol. The van der Waals surface area contributed by atoms with Gasteiger partial charge in [-0.2, -0.15) is 0 Å². The standard InChI is InChI=1S/C15H17FN6O3/c1-3-9(2)19-13-12(22(24)25)14(18-8-17-13)20-21-15(23)10-4-6-11(16)7-5-10/h4-9H,3H2,1-2H3,(H,21,23)(H2,17,18,19,20). The van der Waals surface area contributed by atoms with Crippen LogP contribution in [-0.2, 0) is 0 Å². The molecule has 0 fully saturated rings. The third kappa shape index (κ3) is 4.59. The van der Waals surface area contributed by atoms with Gasteiger partial charge in [0.1, 0.15) is 12.1 Å². The summed E-state index contributed by atoms with van der Waals surface area (Å²) in [6.45, 7) is 3.78. The molecule has 2 aromatic rings. The number of aromatic nitrogens is 2. The number of rotatable bonds is 7. The van der Waals surface area contributed by atoms with Gasteiger partial charge in [-0.25, -0.2) is 14.4 Å². The fraction of sp³-hybridized carbons (Fsp3) is 0.267. The average molecular weight is 348 g/mol. The molecule has 0 radical (unpaired) electrons. The molecule has 0 saturated carbocycles. The summed E-state index contributed by atoms with van der Waals surface area (Å²) in [7, 11) is 0. The topological polar surface area (TPSA) is 122 Å². The summed E-state index contributed by atoms with van der Waals surface area (Å²) in [5.41, 5.74) is 4.50. The maximum atomic E-state index is 12.9. The molecular formula is C15H17FN6O3. The van der Waals surface area contributed by atoms with Gasteiger partial charge >= 0.3 is 5.69 Å². The molecule has 2 rings (SSSR count). The number of nitrogens with zero attached hydrogens (tertiary/aromatic N) is 3. The van der Waals surface area contributed by atoms with E-state index in [2.05, 4.69) is 26.1 Å². The van der Waals surface area contributed by atoms with E-state index in [0.717, 1.165) is 24.9 Å². The molecule has 10 heteroatoms. The molecule has 9 nitrogen and oxygen atoms in total. The number of halogens is 1. The first-order chi connectivity index (χ1) is 11.9. The highest BCUT2D eigenvalue weighted by atomic mass is 19.1. The molecule has 0 aliphatic heterocycles. The number of amides is 1. The van der Waals surface area contributed by atoms with Crippen molar-refractivity contribution in [1.29, 1.82) is 0 Å². The van der Waals surface area contributed by atoms with Gasteiger partial charge in [0.25, 0.3) is 5.91 Å². The molecule has 132 valence electrons. The quantitative estimate of drug-likeness (QED) is 0.519. The second kappa shape index (κ2) is 7.99. The van der Waals surface area contributed by atoms with E-state index < -0.39 is 16.6 Å². The van der Waals surface area contributed by atoms with E-state index in [1.807, 2.05) is 13.8 Å². The molecule has 1 heterocycles. The summed E-state index contributed by atoms with van der Waals surface area (Å²) in [5.74, 6) is -1.19. The molecule has 1 unspecified atom stereocenters. The van der Waals surface area contributed by atoms with Crippen LogP contribution in [0.25, 0.3) is 0 Å². The lowest BCUT2D eigenvalue weighted by Gasteiger charge is -2.14. The molecule has 1 aromatic heterocycles. The van der Waals surface area contributed by atoms with Crippen LogP contribution < -0.4 is 16.2 Å². The van der Waals surface area contributed by atoms with Crippen LogP contribution in [0.1, 0.15) is 30.6 Å². The van der Waals surface area contributed by atoms with Crippen LogP contribution in [0.3, 0.4) is 0 Å². The van der Waals surface area contributed by atoms with Crippen LogP contribution in [-0.4, -0.2) is 26.8 Å². The van der Waals surface area contributed by atoms with Crippen molar-refractivity contribution in [3.63, 3.8) is 0 Å². The zero-order chi connectivity index (χ0) is 18.4. The first-order valence-electron chi connectivity index (χ1n) is 7.50. The van der Waals surface area contributed by atoms with Gasteiger partial charge in [-0.15, -0.1) is 0 Å². The predicted octanol–water partition coefficient (Wildman–Crippen LogP) is 2.49. The Balaban J connectivity index is 2.18. The fourth-order valence-corrected chi connectivity index (χ4v) is 1.87. The molecule has 25 heavy (non-hydrogen) atoms. The third-order valence-electron chi connectivity index (χ3n) is 3.40. The molecule has 0 bridgehead atoms. The lowest BCUT2D eigenvalue weighted by atomic mass is 10.2. The number of hydrazine groups is 1. The summed E-state index contributed by atoms with van der Waals surface area (Å²) in [4.78, 5) is 30.4. The van der Waals surface area contributed by atoms with Crippen molar-refractivity contribution in [3.8, 4) is 0 Å². The number of hydrogen-bond acceptors (Lipinski definition) is 7. The van der Waals surface area contributed by atoms with Crippen molar-refractivity contribution in [3.05, 3.63) is 52.1 Å². The van der Waals surface area contributed by atoms with E-state index in [-0.39, 0.29) is 28.9 Å². The molecule has 0 saturated heterocycles. The number of nitrogens with one attached hydrogen (secondary N) is 3. The largest absolute Gasteiger partial charge is 0.362 e. The highest BCUT2D eigenvalue weighted by Crippen LogP contribution is 2.29. The molecule has 0 aliphatic rings. The van der Waals surface area contributed by atoms with Gasteiger partial charge in [-0.1, -0.05) is 6.92 Å². The van der Waals surface area contributed by atoms with E-state index in [1.54, 1.807) is 0 Å². The van der Waals surface area contributed by atoms with Crippen molar-refractivity contribution in [2.75, 3.05) is 10.7 Å². The number of carbonyl (C=O) groups is 1. The Morgan fingerprint density at radius 1 is 1.28 bits per heavy atom. The van der Waals surface area contributed by atoms with Crippen LogP contribution in [0.15, 0.2) is 30.6 Å². The lowest BCUT2D eigenvalue weighted by Crippen LogP contribution is -2.30. The van der Waals surface area contributed by atoms with Gasteiger partial charge in [0.05, 0.1) is 4.92 Å². The number of anilines is 2. The van der Waals surface area contributed by atoms with Crippen molar-refractivity contribution in [1.82, 2.24) is 15.4 Å². The number of nitro groups is 1. The molecular weight excluding hydrogens is 331 g/mol. The Bertz CT molecular complexity index is 768. The first-order valence-corrected chi connectivity index (χ1v) is 7.50. The summed E-state index contributed by atoms with van der Waals surface area (Å²) >= 11 is 0. The van der Waals surface area contributed by atoms with Gasteiger partial charge < -0.3 is 5.32 Å². The zero-order valence-corrected chi connectivity index (χ0v) is 13.6. The third-order valence-corrected chi connectivity index (χ3v) is 3.40. The Morgan fingerprint density at radius 2 is 1.92 bits per heavy atom. The second-order valence-electron chi connectivity index (χ2n) is 5.22. The highest BCUT2D eigenvalue weighted by molar-refractivity contribution is 5.95. The normalized spacial score (nSPS) is 11.5. The van der Waals surface area contributed by atoms with Crippen LogP contribution in [0.2, 0.25) is 0 Å². The number of benzene rings is 1. The summed E-state index contributed by atoms with van der Waals surface area (Å²) in [5, 5.41) is 14.3. The fourth-order valence-electron chi connectivity index (χ4n) is 1.87. The lowest BCUT2D eigenvalue weighted by molar-refractivity contribution is -0.383. The Kier molecular flexibility index (Phi) is 5.77. The molecule has 3 N–H and O–H groups in total. The van der Waals surface area contributed by atoms with Gasteiger partial charge in [0.15, 0.2) is 0 Å². The van der Waals surface area contributed by atoms with E-state index in [1.165, 1.54) is 12.1 Å². The maximum Gasteiger partial charge on any atom is 0.354 e. The summed E-state index contributed by atoms with van der Waals surface area (Å²) in [6.07, 6.45) is 1.88. The molecule has 1 atom stereocenters. The molecule has 1 amide bonds. The number of hydrogen-bond donors (Lipinski definition) is 3. The second-order valence-corrected chi connectivity index (χ2v) is 5.22. The first kappa shape index (κ1) is 18.0. The molecule has 0 aliphatic carbocycles. The van der Waals surface area contributed by atoms with E-state index in [0.29, 0.717) is 0 Å². The van der Waals surface area contributed by atoms with E-state index >= 15 is 0 Å². The Morgan fingerprint density at radius 3 is 2.52 bits per heavy atom. The van der Waals surface area contributed by atoms with E-state index in [4.69, 9.17) is 0 Å². The predicted molar refractivity (Wildman–Crippen MR) is 89.6 cm³/mol. The highest BCUT2D eigenvalue weighted by Gasteiger charge is 2.24. The smallest absolute Gasteiger partial charge is 0.354 e. The molecule has 0 spiro atoms. The Labute approximate surface area is 142 Å². The van der Waals surface area contributed by atoms with Crippen molar-refractivity contribution in [2.24, 2.45) is 0 Å². The summed E-state index contributed by atoms with van der Waals surface area (Å²) < 4.78 is 12.9. The van der Waals surface area contributed by atoms with Crippen LogP contribution in [0.4, 0.5) is 21.7 Å². The maximum absolute atomic E-state index is 12.9. The van der Waals surface area contributed by atoms with E-state index in [9.17, 15) is 19.3 Å². The number of carbonyl (C=O) groups excluding carboxylic acids is 1. The van der Waals surface area contributed by atoms with Crippen LogP contribution in [0, 0.1) is 15.9 Å². The summed E-state index contributed by atoms with van der Waals surface area (Å²) in [6, 6.07) is 4.81. The van der Waals surface area contributed by atoms with Gasteiger partial charge in [-0.3, -0.25) is 25.8 Å². The zero-order valence-electron chi connectivity index (χ0n) is 13.6. The minimum Gasteiger partial charge on any atom is -0.362 e. The van der Waals surface area contributed by atoms with Crippen molar-refractivity contribution >= 4 is 23.2 Å². The SMILES string of the molecule is CCC(C)Nc1ncnc(NNC(=O)c2ccc(F)cc2)c1[N+](=O)[O-]. The van der Waals surface area contributed by atoms with Gasteiger partial charge in [0, 0.05) is 11.6 Å².